The summed E-state index contributed by atoms with van der Waals surface area (Å²) >= 11 is 2.54. The van der Waals surface area contributed by atoms with Gasteiger partial charge in [-0.25, -0.2) is 14.3 Å². The Morgan fingerprint density at radius 2 is 2.16 bits per heavy atom. The number of nitrogens with zero attached hydrogens (tertiary/aromatic N) is 5. The highest BCUT2D eigenvalue weighted by molar-refractivity contribution is 8.00. The molecule has 14 heteroatoms. The van der Waals surface area contributed by atoms with Crippen LogP contribution in [0.1, 0.15) is 17.2 Å². The molecule has 0 aromatic carbocycles. The van der Waals surface area contributed by atoms with Gasteiger partial charge in [-0.1, -0.05) is 11.2 Å². The van der Waals surface area contributed by atoms with E-state index in [1.807, 2.05) is 42.8 Å². The molecular weight excluding hydrogens is 518 g/mol. The van der Waals surface area contributed by atoms with Crippen molar-refractivity contribution >= 4 is 57.2 Å². The molecule has 0 aliphatic carbocycles. The Bertz CT molecular complexity index is 1510. The fourth-order valence-corrected chi connectivity index (χ4v) is 6.52. The van der Waals surface area contributed by atoms with Crippen LogP contribution in [0.25, 0.3) is 5.52 Å². The quantitative estimate of drug-likeness (QED) is 0.170. The van der Waals surface area contributed by atoms with Crippen molar-refractivity contribution in [3.63, 3.8) is 0 Å². The molecular formula is C23H24N7O5S2+. The first-order valence-corrected chi connectivity index (χ1v) is 13.1. The van der Waals surface area contributed by atoms with Gasteiger partial charge in [0.25, 0.3) is 17.6 Å². The van der Waals surface area contributed by atoms with Gasteiger partial charge in [0.05, 0.1) is 0 Å². The predicted octanol–water partition coefficient (Wildman–Crippen LogP) is 0.672. The molecule has 2 aliphatic rings. The number of carboxylic acid groups (broad SMARTS) is 1. The number of aromatic nitrogens is 3. The minimum Gasteiger partial charge on any atom is -0.477 e. The molecule has 1 saturated heterocycles. The zero-order valence-electron chi connectivity index (χ0n) is 20.2. The first-order valence-electron chi connectivity index (χ1n) is 11.2. The number of anilines is 1. The van der Waals surface area contributed by atoms with Crippen LogP contribution in [-0.2, 0) is 25.8 Å². The van der Waals surface area contributed by atoms with Crippen molar-refractivity contribution < 1.29 is 28.7 Å². The third kappa shape index (κ3) is 4.21. The number of hydrogen-bond acceptors (Lipinski definition) is 9. The number of pyridine rings is 1. The second-order valence-electron chi connectivity index (χ2n) is 8.54. The molecule has 0 radical (unpaired) electrons. The van der Waals surface area contributed by atoms with E-state index in [9.17, 15) is 19.5 Å². The van der Waals surface area contributed by atoms with E-state index in [2.05, 4.69) is 19.9 Å². The largest absolute Gasteiger partial charge is 0.477 e. The van der Waals surface area contributed by atoms with Crippen molar-refractivity contribution in [2.45, 2.75) is 31.8 Å². The summed E-state index contributed by atoms with van der Waals surface area (Å²) in [6.07, 6.45) is 1.97. The van der Waals surface area contributed by atoms with Gasteiger partial charge in [-0.15, -0.1) is 23.1 Å². The number of fused-ring (bicyclic) bond motifs is 2. The number of aliphatic carboxylic acids is 1. The van der Waals surface area contributed by atoms with Crippen LogP contribution >= 0.6 is 23.1 Å². The van der Waals surface area contributed by atoms with Crippen molar-refractivity contribution in [2.24, 2.45) is 5.16 Å². The van der Waals surface area contributed by atoms with Crippen LogP contribution < -0.4 is 15.5 Å². The molecule has 2 atom stereocenters. The number of oxime groups is 1. The molecule has 2 amide bonds. The van der Waals surface area contributed by atoms with Gasteiger partial charge in [0.1, 0.15) is 48.4 Å². The zero-order valence-corrected chi connectivity index (χ0v) is 21.8. The number of carboxylic acids is 1. The summed E-state index contributed by atoms with van der Waals surface area (Å²) in [5.41, 5.74) is 8.39. The van der Waals surface area contributed by atoms with Crippen LogP contribution in [0, 0.1) is 13.8 Å². The van der Waals surface area contributed by atoms with E-state index >= 15 is 0 Å². The van der Waals surface area contributed by atoms with Gasteiger partial charge >= 0.3 is 5.97 Å². The average Bonchev–Trinajstić information content (AvgIpc) is 3.43. The van der Waals surface area contributed by atoms with E-state index in [0.29, 0.717) is 17.9 Å². The van der Waals surface area contributed by atoms with Gasteiger partial charge in [0, 0.05) is 23.6 Å². The molecule has 0 unspecified atom stereocenters. The van der Waals surface area contributed by atoms with E-state index in [1.54, 1.807) is 5.38 Å². The minimum atomic E-state index is -1.18. The summed E-state index contributed by atoms with van der Waals surface area (Å²) in [5.74, 6) is -1.02. The third-order valence-corrected chi connectivity index (χ3v) is 8.32. The second-order valence-corrected chi connectivity index (χ2v) is 10.5. The molecule has 3 aromatic heterocycles. The molecule has 3 aromatic rings. The number of β-lactam (4-membered cyclic amide) rings is 1. The number of aryl methyl sites for hydroxylation is 2. The molecule has 2 aliphatic heterocycles. The number of carbonyl (C=O) groups excluding carboxylic acids is 2. The summed E-state index contributed by atoms with van der Waals surface area (Å²) in [7, 11) is 1.29. The summed E-state index contributed by atoms with van der Waals surface area (Å²) in [6.45, 7) is 4.30. The number of amides is 2. The SMILES string of the molecule is CO/N=C(\C(=O)N[C@@H]1C(=O)N2C(C(=O)O)=C(Cn3cc4cccc(C)[n+]4c3C)CS[C@H]12)c1csc(N)n1. The maximum atomic E-state index is 13.1. The maximum Gasteiger partial charge on any atom is 0.352 e. The molecule has 37 heavy (non-hydrogen) atoms. The van der Waals surface area contributed by atoms with Crippen molar-refractivity contribution in [1.82, 2.24) is 19.8 Å². The Hall–Kier alpha value is -3.91. The first-order chi connectivity index (χ1) is 17.7. The van der Waals surface area contributed by atoms with Crippen LogP contribution in [-0.4, -0.2) is 67.3 Å². The van der Waals surface area contributed by atoms with Gasteiger partial charge in [0.15, 0.2) is 16.4 Å². The molecule has 1 fully saturated rings. The summed E-state index contributed by atoms with van der Waals surface area (Å²) in [6, 6.07) is 5.05. The minimum absolute atomic E-state index is 0.0452. The number of thiazole rings is 1. The Kier molecular flexibility index (Phi) is 6.37. The lowest BCUT2D eigenvalue weighted by Gasteiger charge is -2.49. The first kappa shape index (κ1) is 24.8. The van der Waals surface area contributed by atoms with Crippen molar-refractivity contribution in [2.75, 3.05) is 18.6 Å². The Labute approximate surface area is 219 Å². The average molecular weight is 543 g/mol. The molecule has 12 nitrogen and oxygen atoms in total. The normalized spacial score (nSPS) is 19.6. The van der Waals surface area contributed by atoms with E-state index in [-0.39, 0.29) is 22.2 Å². The molecule has 0 spiro atoms. The molecule has 4 N–H and O–H groups in total. The molecule has 5 heterocycles. The molecule has 5 rings (SSSR count). The van der Waals surface area contributed by atoms with E-state index < -0.39 is 29.2 Å². The van der Waals surface area contributed by atoms with Crippen LogP contribution in [0.2, 0.25) is 0 Å². The van der Waals surface area contributed by atoms with Gasteiger partial charge in [-0.3, -0.25) is 14.5 Å². The summed E-state index contributed by atoms with van der Waals surface area (Å²) in [4.78, 5) is 48.4. The van der Waals surface area contributed by atoms with Gasteiger partial charge in [0.2, 0.25) is 0 Å². The van der Waals surface area contributed by atoms with Gasteiger partial charge < -0.3 is 21.0 Å². The summed E-state index contributed by atoms with van der Waals surface area (Å²) in [5, 5.41) is 17.7. The van der Waals surface area contributed by atoms with Gasteiger partial charge in [-0.2, -0.15) is 4.40 Å². The van der Waals surface area contributed by atoms with Crippen molar-refractivity contribution in [1.29, 1.82) is 0 Å². The highest BCUT2D eigenvalue weighted by Gasteiger charge is 2.54. The number of hydrogen-bond donors (Lipinski definition) is 3. The second kappa shape index (κ2) is 9.52. The highest BCUT2D eigenvalue weighted by Crippen LogP contribution is 2.40. The number of thioether (sulfide) groups is 1. The van der Waals surface area contributed by atoms with Crippen molar-refractivity contribution in [3.05, 3.63) is 58.3 Å². The standard InChI is InChI=1S/C23H23N7O5S2/c1-11-5-4-6-14-8-28(12(2)29(11)14)7-13-9-36-21-17(20(32)30(21)18(13)22(33)34)26-19(31)16(27-35-3)15-10-37-23(24)25-15/h4-6,8,10,17,21H,7,9H2,1-3H3,(H3-,24,25,26,31,33,34)/p+1/b27-16-/t17-,21-/m1/s1. The van der Waals surface area contributed by atoms with Crippen LogP contribution in [0.15, 0.2) is 46.2 Å². The number of nitrogens with two attached hydrogens (primary N) is 1. The maximum absolute atomic E-state index is 13.1. The lowest BCUT2D eigenvalue weighted by molar-refractivity contribution is -0.528. The summed E-state index contributed by atoms with van der Waals surface area (Å²) < 4.78 is 4.08. The highest BCUT2D eigenvalue weighted by atomic mass is 32.2. The molecule has 192 valence electrons. The number of nitrogens with one attached hydrogen (secondary N) is 1. The number of carbonyl (C=O) groups is 3. The van der Waals surface area contributed by atoms with E-state index in [1.165, 1.54) is 23.8 Å². The fraction of sp³-hybridized carbons (Fsp3) is 0.304. The monoisotopic (exact) mass is 542 g/mol. The lowest BCUT2D eigenvalue weighted by Crippen LogP contribution is -2.71. The van der Waals surface area contributed by atoms with Crippen LogP contribution in [0.4, 0.5) is 5.13 Å². The molecule has 0 saturated carbocycles. The van der Waals surface area contributed by atoms with Crippen LogP contribution in [0.5, 0.6) is 0 Å². The zero-order chi connectivity index (χ0) is 26.4. The smallest absolute Gasteiger partial charge is 0.352 e. The Morgan fingerprint density at radius 3 is 2.81 bits per heavy atom. The van der Waals surface area contributed by atoms with Crippen molar-refractivity contribution in [3.8, 4) is 0 Å². The van der Waals surface area contributed by atoms with E-state index in [4.69, 9.17) is 10.6 Å². The molecule has 0 bridgehead atoms. The number of rotatable bonds is 7. The fourth-order valence-electron chi connectivity index (χ4n) is 4.64. The third-order valence-electron chi connectivity index (χ3n) is 6.30. The lowest BCUT2D eigenvalue weighted by atomic mass is 10.0. The van der Waals surface area contributed by atoms with E-state index in [0.717, 1.165) is 28.4 Å². The Balaban J connectivity index is 1.39. The topological polar surface area (TPSA) is 156 Å². The number of imidazole rings is 1. The van der Waals surface area contributed by atoms with Crippen LogP contribution in [0.3, 0.4) is 0 Å². The van der Waals surface area contributed by atoms with Gasteiger partial charge in [-0.05, 0) is 19.1 Å². The Morgan fingerprint density at radius 1 is 1.38 bits per heavy atom. The number of nitrogen functional groups attached to an aromatic ring is 1. The predicted molar refractivity (Wildman–Crippen MR) is 137 cm³/mol.